The summed E-state index contributed by atoms with van der Waals surface area (Å²) in [6.07, 6.45) is 0. The van der Waals surface area contributed by atoms with Gasteiger partial charge >= 0.3 is 0 Å². The number of nitrogens with one attached hydrogen (secondary N) is 2. The molecule has 0 amide bonds. The third kappa shape index (κ3) is 4.65. The molecule has 0 radical (unpaired) electrons. The molecule has 0 saturated heterocycles. The molecule has 1 aromatic heterocycles. The van der Waals surface area contributed by atoms with E-state index in [-0.39, 0.29) is 25.9 Å². The molecule has 0 aliphatic carbocycles. The van der Waals surface area contributed by atoms with Crippen molar-refractivity contribution < 1.29 is 16.8 Å². The predicted molar refractivity (Wildman–Crippen MR) is 131 cm³/mol. The quantitative estimate of drug-likeness (QED) is 0.415. The summed E-state index contributed by atoms with van der Waals surface area (Å²) in [6.45, 7) is 3.59. The highest BCUT2D eigenvalue weighted by Gasteiger charge is 2.21. The number of hydrogen-bond acceptors (Lipinski definition) is 6. The first-order valence-electron chi connectivity index (χ1n) is 9.79. The summed E-state index contributed by atoms with van der Waals surface area (Å²) in [5.74, 6) is 0. The summed E-state index contributed by atoms with van der Waals surface area (Å²) in [6, 6.07) is 15.3. The molecular weight excluding hydrogens is 482 g/mol. The highest BCUT2D eigenvalue weighted by atomic mass is 32.2. The maximum absolute atomic E-state index is 13.0. The molecule has 3 aromatic carbocycles. The predicted octanol–water partition coefficient (Wildman–Crippen LogP) is 3.82. The lowest BCUT2D eigenvalue weighted by atomic mass is 10.2. The first-order valence-corrected chi connectivity index (χ1v) is 13.5. The molecule has 172 valence electrons. The van der Waals surface area contributed by atoms with Crippen LogP contribution in [0.25, 0.3) is 10.9 Å². The Hall–Kier alpha value is -3.15. The third-order valence-electron chi connectivity index (χ3n) is 4.98. The molecule has 2 N–H and O–H groups in total. The summed E-state index contributed by atoms with van der Waals surface area (Å²) in [5.41, 5.74) is 2.35. The summed E-state index contributed by atoms with van der Waals surface area (Å²) in [5, 5.41) is 0.300. The van der Waals surface area contributed by atoms with Crippen molar-refractivity contribution in [1.82, 2.24) is 3.96 Å². The van der Waals surface area contributed by atoms with Crippen LogP contribution in [-0.2, 0) is 27.1 Å². The normalized spacial score (nSPS) is 12.1. The fourth-order valence-electron chi connectivity index (χ4n) is 3.50. The average molecular weight is 504 g/mol. The van der Waals surface area contributed by atoms with Crippen molar-refractivity contribution in [3.8, 4) is 0 Å². The van der Waals surface area contributed by atoms with E-state index < -0.39 is 20.0 Å². The number of aryl methyl sites for hydroxylation is 3. The minimum Gasteiger partial charge on any atom is -0.297 e. The van der Waals surface area contributed by atoms with Gasteiger partial charge in [-0.25, -0.2) is 16.8 Å². The van der Waals surface area contributed by atoms with Crippen LogP contribution in [0.3, 0.4) is 0 Å². The fraction of sp³-hybridized carbons (Fsp3) is 0.136. The molecule has 0 unspecified atom stereocenters. The van der Waals surface area contributed by atoms with Gasteiger partial charge in [-0.1, -0.05) is 18.2 Å². The number of benzene rings is 3. The van der Waals surface area contributed by atoms with Crippen molar-refractivity contribution in [1.29, 1.82) is 0 Å². The Morgan fingerprint density at radius 1 is 0.758 bits per heavy atom. The van der Waals surface area contributed by atoms with Crippen molar-refractivity contribution in [3.63, 3.8) is 0 Å². The molecule has 0 atom stereocenters. The van der Waals surface area contributed by atoms with Crippen LogP contribution in [0, 0.1) is 13.8 Å². The molecule has 0 spiro atoms. The maximum atomic E-state index is 13.0. The molecule has 4 aromatic rings. The van der Waals surface area contributed by atoms with E-state index >= 15 is 0 Å². The summed E-state index contributed by atoms with van der Waals surface area (Å²) in [7, 11) is -6.34. The van der Waals surface area contributed by atoms with Gasteiger partial charge < -0.3 is 0 Å². The van der Waals surface area contributed by atoms with Gasteiger partial charge in [0.05, 0.1) is 32.1 Å². The van der Waals surface area contributed by atoms with Gasteiger partial charge in [0.1, 0.15) is 0 Å². The Morgan fingerprint density at radius 2 is 1.30 bits per heavy atom. The number of para-hydroxylation sites is 2. The van der Waals surface area contributed by atoms with Gasteiger partial charge in [0.15, 0.2) is 0 Å². The van der Waals surface area contributed by atoms with E-state index in [4.69, 9.17) is 0 Å². The molecule has 0 fully saturated rings. The topological polar surface area (TPSA) is 114 Å². The Labute approximate surface area is 195 Å². The molecule has 4 rings (SSSR count). The van der Waals surface area contributed by atoms with Crippen LogP contribution in [0.5, 0.6) is 0 Å². The van der Waals surface area contributed by atoms with Gasteiger partial charge in [-0.2, -0.15) is 0 Å². The third-order valence-corrected chi connectivity index (χ3v) is 8.54. The zero-order valence-corrected chi connectivity index (χ0v) is 20.4. The van der Waals surface area contributed by atoms with Crippen molar-refractivity contribution in [2.45, 2.75) is 23.6 Å². The second kappa shape index (κ2) is 8.32. The van der Waals surface area contributed by atoms with Crippen LogP contribution in [-0.4, -0.2) is 20.8 Å². The number of sulfonamides is 2. The van der Waals surface area contributed by atoms with Gasteiger partial charge in [-0.05, 0) is 79.0 Å². The molecule has 0 aliphatic heterocycles. The van der Waals surface area contributed by atoms with E-state index in [1.165, 1.54) is 24.3 Å². The Morgan fingerprint density at radius 3 is 1.88 bits per heavy atom. The summed E-state index contributed by atoms with van der Waals surface area (Å²) >= 11 is 0.984. The SMILES string of the molecule is Cc1cc(C)cc(S(=O)(=O)Nc2ccccc2NS(=O)(=O)c2ccc3c(c2)c(=O)sn3C)c1. The Kier molecular flexibility index (Phi) is 5.81. The van der Waals surface area contributed by atoms with E-state index in [0.29, 0.717) is 10.9 Å². The summed E-state index contributed by atoms with van der Waals surface area (Å²) in [4.78, 5) is 12.1. The van der Waals surface area contributed by atoms with Crippen LogP contribution >= 0.6 is 11.5 Å². The van der Waals surface area contributed by atoms with Crippen molar-refractivity contribution in [3.05, 3.63) is 81.3 Å². The minimum absolute atomic E-state index is 0.0590. The fourth-order valence-corrected chi connectivity index (χ4v) is 6.64. The number of fused-ring (bicyclic) bond motifs is 1. The second-order valence-electron chi connectivity index (χ2n) is 7.64. The molecule has 0 aliphatic rings. The highest BCUT2D eigenvalue weighted by Crippen LogP contribution is 2.28. The highest BCUT2D eigenvalue weighted by molar-refractivity contribution is 7.93. The van der Waals surface area contributed by atoms with Crippen molar-refractivity contribution >= 4 is 53.9 Å². The van der Waals surface area contributed by atoms with Crippen molar-refractivity contribution in [2.24, 2.45) is 7.05 Å². The van der Waals surface area contributed by atoms with Crippen LogP contribution in [0.2, 0.25) is 0 Å². The van der Waals surface area contributed by atoms with E-state index in [9.17, 15) is 21.6 Å². The molecule has 1 heterocycles. The first-order chi connectivity index (χ1) is 15.5. The monoisotopic (exact) mass is 503 g/mol. The standard InChI is InChI=1S/C22H21N3O5S3/c1-14-10-15(2)12-17(11-14)33(29,30)24-20-7-5-4-6-19(20)23-32(27,28)16-8-9-21-18(13-16)22(26)31-25(21)3/h4-13,23-24H,1-3H3. The van der Waals surface area contributed by atoms with Crippen molar-refractivity contribution in [2.75, 3.05) is 9.44 Å². The van der Waals surface area contributed by atoms with Gasteiger partial charge in [0, 0.05) is 7.05 Å². The second-order valence-corrected chi connectivity index (χ2v) is 12.1. The van der Waals surface area contributed by atoms with Crippen LogP contribution in [0.4, 0.5) is 11.4 Å². The smallest absolute Gasteiger partial charge is 0.261 e. The van der Waals surface area contributed by atoms with Gasteiger partial charge in [-0.3, -0.25) is 18.2 Å². The lowest BCUT2D eigenvalue weighted by Crippen LogP contribution is -2.18. The lowest BCUT2D eigenvalue weighted by Gasteiger charge is -2.15. The van der Waals surface area contributed by atoms with E-state index in [1.807, 2.05) is 6.07 Å². The van der Waals surface area contributed by atoms with Gasteiger partial charge in [0.2, 0.25) is 0 Å². The maximum Gasteiger partial charge on any atom is 0.261 e. The van der Waals surface area contributed by atoms with E-state index in [1.54, 1.807) is 55.2 Å². The first kappa shape index (κ1) is 23.0. The van der Waals surface area contributed by atoms with Crippen LogP contribution in [0.1, 0.15) is 11.1 Å². The number of anilines is 2. The Balaban J connectivity index is 1.69. The Bertz CT molecular complexity index is 1630. The van der Waals surface area contributed by atoms with Crippen LogP contribution in [0.15, 0.2) is 75.2 Å². The molecular formula is C22H21N3O5S3. The zero-order chi connectivity index (χ0) is 24.0. The zero-order valence-electron chi connectivity index (χ0n) is 18.0. The lowest BCUT2D eigenvalue weighted by molar-refractivity contribution is 0.599. The molecule has 8 nitrogen and oxygen atoms in total. The molecule has 11 heteroatoms. The average Bonchev–Trinajstić information content (AvgIpc) is 3.02. The number of aromatic nitrogens is 1. The van der Waals surface area contributed by atoms with Crippen LogP contribution < -0.4 is 14.2 Å². The largest absolute Gasteiger partial charge is 0.297 e. The van der Waals surface area contributed by atoms with E-state index in [2.05, 4.69) is 9.44 Å². The number of nitrogens with zero attached hydrogens (tertiary/aromatic N) is 1. The number of hydrogen-bond donors (Lipinski definition) is 2. The number of rotatable bonds is 6. The van der Waals surface area contributed by atoms with Gasteiger partial charge in [0.25, 0.3) is 24.8 Å². The van der Waals surface area contributed by atoms with E-state index in [0.717, 1.165) is 22.7 Å². The van der Waals surface area contributed by atoms with Gasteiger partial charge in [-0.15, -0.1) is 0 Å². The minimum atomic E-state index is -4.10. The molecule has 33 heavy (non-hydrogen) atoms. The molecule has 0 bridgehead atoms. The molecule has 0 saturated carbocycles. The summed E-state index contributed by atoms with van der Waals surface area (Å²) < 4.78 is 58.3.